The van der Waals surface area contributed by atoms with E-state index in [0.717, 1.165) is 12.2 Å². The monoisotopic (exact) mass is 231 g/mol. The fraction of sp³-hybridized carbons (Fsp3) is 0.357. The first-order valence-corrected chi connectivity index (χ1v) is 6.72. The van der Waals surface area contributed by atoms with Crippen molar-refractivity contribution < 1.29 is 0 Å². The molecule has 1 aromatic carbocycles. The summed E-state index contributed by atoms with van der Waals surface area (Å²) in [6, 6.07) is 11.0. The third-order valence-electron chi connectivity index (χ3n) is 2.77. The molecule has 84 valence electrons. The smallest absolute Gasteiger partial charge is 0.0911 e. The predicted molar refractivity (Wildman–Crippen MR) is 74.1 cm³/mol. The molecule has 0 saturated heterocycles. The topological polar surface area (TPSA) is 12.4 Å². The van der Waals surface area contributed by atoms with Gasteiger partial charge in [0.25, 0.3) is 0 Å². The number of aliphatic imine (C=N–C) groups is 1. The maximum absolute atomic E-state index is 4.68. The zero-order valence-corrected chi connectivity index (χ0v) is 10.6. The molecule has 1 aliphatic heterocycles. The quantitative estimate of drug-likeness (QED) is 0.765. The second-order valence-corrected chi connectivity index (χ2v) is 5.07. The van der Waals surface area contributed by atoms with Crippen molar-refractivity contribution in [2.45, 2.75) is 26.3 Å². The summed E-state index contributed by atoms with van der Waals surface area (Å²) in [5, 5.41) is 1.19. The summed E-state index contributed by atoms with van der Waals surface area (Å²) in [5.41, 5.74) is 2.58. The van der Waals surface area contributed by atoms with Crippen LogP contribution in [-0.2, 0) is 0 Å². The molecule has 0 saturated carbocycles. The third-order valence-corrected chi connectivity index (χ3v) is 3.84. The van der Waals surface area contributed by atoms with Gasteiger partial charge in [-0.3, -0.25) is 4.99 Å². The highest BCUT2D eigenvalue weighted by Crippen LogP contribution is 2.23. The molecule has 0 bridgehead atoms. The van der Waals surface area contributed by atoms with Gasteiger partial charge in [0.2, 0.25) is 0 Å². The first-order chi connectivity index (χ1) is 7.79. The SMILES string of the molecule is CC[C@@H]1CSC(/C=C(\C)c2ccccc2)=N1. The van der Waals surface area contributed by atoms with Crippen LogP contribution in [0.3, 0.4) is 0 Å². The Hall–Kier alpha value is -1.02. The molecule has 0 amide bonds. The van der Waals surface area contributed by atoms with Crippen LogP contribution in [0.25, 0.3) is 5.57 Å². The standard InChI is InChI=1S/C14H17NS/c1-3-13-10-16-14(15-13)9-11(2)12-7-5-4-6-8-12/h4-9,13H,3,10H2,1-2H3/b11-9+/t13-/m1/s1. The molecule has 0 radical (unpaired) electrons. The van der Waals surface area contributed by atoms with Crippen molar-refractivity contribution in [3.8, 4) is 0 Å². The molecule has 0 aromatic heterocycles. The summed E-state index contributed by atoms with van der Waals surface area (Å²) in [4.78, 5) is 4.68. The van der Waals surface area contributed by atoms with E-state index in [1.54, 1.807) is 0 Å². The number of benzene rings is 1. The van der Waals surface area contributed by atoms with Crippen molar-refractivity contribution in [2.24, 2.45) is 4.99 Å². The van der Waals surface area contributed by atoms with Gasteiger partial charge in [-0.15, -0.1) is 11.8 Å². The molecule has 1 heterocycles. The number of thioether (sulfide) groups is 1. The number of rotatable bonds is 3. The van der Waals surface area contributed by atoms with Gasteiger partial charge in [-0.2, -0.15) is 0 Å². The average Bonchev–Trinajstić information content (AvgIpc) is 2.78. The first-order valence-electron chi connectivity index (χ1n) is 5.74. The molecule has 2 rings (SSSR count). The van der Waals surface area contributed by atoms with Gasteiger partial charge in [-0.25, -0.2) is 0 Å². The van der Waals surface area contributed by atoms with Crippen LogP contribution in [0.2, 0.25) is 0 Å². The summed E-state index contributed by atoms with van der Waals surface area (Å²) < 4.78 is 0. The van der Waals surface area contributed by atoms with Crippen LogP contribution in [0.15, 0.2) is 41.4 Å². The number of hydrogen-bond donors (Lipinski definition) is 0. The fourth-order valence-corrected chi connectivity index (χ4v) is 2.85. The van der Waals surface area contributed by atoms with Crippen molar-refractivity contribution in [1.82, 2.24) is 0 Å². The Morgan fingerprint density at radius 1 is 1.44 bits per heavy atom. The fourth-order valence-electron chi connectivity index (χ4n) is 1.69. The largest absolute Gasteiger partial charge is 0.274 e. The molecule has 1 aromatic rings. The molecule has 0 N–H and O–H groups in total. The van der Waals surface area contributed by atoms with E-state index in [0.29, 0.717) is 6.04 Å². The van der Waals surface area contributed by atoms with Crippen molar-refractivity contribution >= 4 is 22.4 Å². The minimum absolute atomic E-state index is 0.528. The lowest BCUT2D eigenvalue weighted by Crippen LogP contribution is -1.99. The third kappa shape index (κ3) is 2.76. The lowest BCUT2D eigenvalue weighted by molar-refractivity contribution is 0.738. The zero-order chi connectivity index (χ0) is 11.4. The van der Waals surface area contributed by atoms with Gasteiger partial charge in [0.05, 0.1) is 11.1 Å². The van der Waals surface area contributed by atoms with E-state index in [9.17, 15) is 0 Å². The van der Waals surface area contributed by atoms with Crippen LogP contribution < -0.4 is 0 Å². The van der Waals surface area contributed by atoms with Crippen molar-refractivity contribution in [3.63, 3.8) is 0 Å². The number of nitrogens with zero attached hydrogens (tertiary/aromatic N) is 1. The van der Waals surface area contributed by atoms with E-state index in [1.165, 1.54) is 16.2 Å². The minimum atomic E-state index is 0.528. The molecule has 1 aliphatic rings. The van der Waals surface area contributed by atoms with E-state index in [2.05, 4.69) is 49.2 Å². The van der Waals surface area contributed by atoms with E-state index in [1.807, 2.05) is 17.8 Å². The van der Waals surface area contributed by atoms with Crippen LogP contribution >= 0.6 is 11.8 Å². The second kappa shape index (κ2) is 5.35. The van der Waals surface area contributed by atoms with Crippen LogP contribution in [-0.4, -0.2) is 16.8 Å². The Balaban J connectivity index is 2.14. The molecule has 0 spiro atoms. The average molecular weight is 231 g/mol. The Bertz CT molecular complexity index is 406. The molecule has 1 nitrogen and oxygen atoms in total. The van der Waals surface area contributed by atoms with Crippen LogP contribution in [0.4, 0.5) is 0 Å². The molecular formula is C14H17NS. The van der Waals surface area contributed by atoms with Crippen LogP contribution in [0, 0.1) is 0 Å². The Kier molecular flexibility index (Phi) is 3.83. The van der Waals surface area contributed by atoms with Gasteiger partial charge in [0.15, 0.2) is 0 Å². The van der Waals surface area contributed by atoms with Gasteiger partial charge >= 0.3 is 0 Å². The maximum atomic E-state index is 4.68. The Labute approximate surface area is 102 Å². The molecule has 0 aliphatic carbocycles. The normalized spacial score (nSPS) is 21.0. The van der Waals surface area contributed by atoms with Gasteiger partial charge in [-0.05, 0) is 30.6 Å². The Morgan fingerprint density at radius 3 is 2.81 bits per heavy atom. The molecule has 2 heteroatoms. The molecule has 16 heavy (non-hydrogen) atoms. The highest BCUT2D eigenvalue weighted by atomic mass is 32.2. The van der Waals surface area contributed by atoms with Crippen LogP contribution in [0.5, 0.6) is 0 Å². The van der Waals surface area contributed by atoms with Gasteiger partial charge in [0.1, 0.15) is 0 Å². The number of allylic oxidation sites excluding steroid dienone is 1. The van der Waals surface area contributed by atoms with E-state index < -0.39 is 0 Å². The molecule has 0 fully saturated rings. The molecule has 0 unspecified atom stereocenters. The lowest BCUT2D eigenvalue weighted by Gasteiger charge is -2.00. The highest BCUT2D eigenvalue weighted by Gasteiger charge is 2.14. The predicted octanol–water partition coefficient (Wildman–Crippen LogP) is 4.01. The summed E-state index contributed by atoms with van der Waals surface area (Å²) >= 11 is 1.87. The summed E-state index contributed by atoms with van der Waals surface area (Å²) in [6.45, 7) is 4.35. The summed E-state index contributed by atoms with van der Waals surface area (Å²) in [5.74, 6) is 1.14. The summed E-state index contributed by atoms with van der Waals surface area (Å²) in [6.07, 6.45) is 3.35. The van der Waals surface area contributed by atoms with Gasteiger partial charge in [-0.1, -0.05) is 37.3 Å². The Morgan fingerprint density at radius 2 is 2.19 bits per heavy atom. The lowest BCUT2D eigenvalue weighted by atomic mass is 10.1. The van der Waals surface area contributed by atoms with Crippen LogP contribution in [0.1, 0.15) is 25.8 Å². The van der Waals surface area contributed by atoms with Crippen molar-refractivity contribution in [1.29, 1.82) is 0 Å². The summed E-state index contributed by atoms with van der Waals surface area (Å²) in [7, 11) is 0. The second-order valence-electron chi connectivity index (χ2n) is 4.03. The van der Waals surface area contributed by atoms with Gasteiger partial charge < -0.3 is 0 Å². The molecule has 1 atom stereocenters. The van der Waals surface area contributed by atoms with E-state index in [-0.39, 0.29) is 0 Å². The first kappa shape index (κ1) is 11.5. The maximum Gasteiger partial charge on any atom is 0.0911 e. The minimum Gasteiger partial charge on any atom is -0.274 e. The molecular weight excluding hydrogens is 214 g/mol. The van der Waals surface area contributed by atoms with Gasteiger partial charge in [0, 0.05) is 5.75 Å². The number of hydrogen-bond acceptors (Lipinski definition) is 2. The van der Waals surface area contributed by atoms with Crippen molar-refractivity contribution in [3.05, 3.63) is 42.0 Å². The van der Waals surface area contributed by atoms with Crippen molar-refractivity contribution in [2.75, 3.05) is 5.75 Å². The highest BCUT2D eigenvalue weighted by molar-refractivity contribution is 8.14. The zero-order valence-electron chi connectivity index (χ0n) is 9.81. The van der Waals surface area contributed by atoms with E-state index in [4.69, 9.17) is 0 Å². The van der Waals surface area contributed by atoms with E-state index >= 15 is 0 Å².